The molecule has 0 fully saturated rings. The van der Waals surface area contributed by atoms with Crippen molar-refractivity contribution < 1.29 is 14.4 Å². The fourth-order valence-electron chi connectivity index (χ4n) is 1.78. The molecule has 0 aliphatic heterocycles. The first-order valence-electron chi connectivity index (χ1n) is 5.90. The van der Waals surface area contributed by atoms with Crippen molar-refractivity contribution in [1.29, 1.82) is 0 Å². The van der Waals surface area contributed by atoms with Crippen LogP contribution in [0.15, 0.2) is 21.3 Å². The molecule has 0 saturated heterocycles. The van der Waals surface area contributed by atoms with Gasteiger partial charge in [-0.15, -0.1) is 5.10 Å². The van der Waals surface area contributed by atoms with Crippen LogP contribution in [0.25, 0.3) is 11.5 Å². The predicted octanol–water partition coefficient (Wildman–Crippen LogP) is 0.595. The molecular weight excluding hydrogens is 296 g/mol. The summed E-state index contributed by atoms with van der Waals surface area (Å²) in [6.07, 6.45) is 0. The highest BCUT2D eigenvalue weighted by atomic mass is 32.1. The Bertz CT molecular complexity index is 763. The summed E-state index contributed by atoms with van der Waals surface area (Å²) in [7, 11) is 0. The van der Waals surface area contributed by atoms with Crippen molar-refractivity contribution in [3.8, 4) is 11.5 Å². The Labute approximate surface area is 122 Å². The summed E-state index contributed by atoms with van der Waals surface area (Å²) >= 11 is 1.52. The SMILES string of the molecule is NCc1c(C(=O)O)nnn1Cc1noc(-c2ccsc2)n1. The molecular formula is C11H10N6O3S. The van der Waals surface area contributed by atoms with Crippen LogP contribution in [0.2, 0.25) is 0 Å². The van der Waals surface area contributed by atoms with Gasteiger partial charge >= 0.3 is 5.97 Å². The van der Waals surface area contributed by atoms with Gasteiger partial charge in [0, 0.05) is 11.9 Å². The highest BCUT2D eigenvalue weighted by Crippen LogP contribution is 2.20. The molecule has 3 rings (SSSR count). The number of carboxylic acid groups (broad SMARTS) is 1. The third kappa shape index (κ3) is 2.53. The predicted molar refractivity (Wildman–Crippen MR) is 71.6 cm³/mol. The molecule has 108 valence electrons. The first-order chi connectivity index (χ1) is 10.2. The maximum atomic E-state index is 11.0. The normalized spacial score (nSPS) is 10.9. The lowest BCUT2D eigenvalue weighted by atomic mass is 10.3. The maximum absolute atomic E-state index is 11.0. The summed E-state index contributed by atoms with van der Waals surface area (Å²) in [5.74, 6) is -0.402. The number of carbonyl (C=O) groups is 1. The minimum absolute atomic E-state index is 0.00384. The van der Waals surface area contributed by atoms with Crippen LogP contribution in [0, 0.1) is 0 Å². The van der Waals surface area contributed by atoms with E-state index in [9.17, 15) is 4.79 Å². The molecule has 0 aliphatic carbocycles. The maximum Gasteiger partial charge on any atom is 0.358 e. The fourth-order valence-corrected chi connectivity index (χ4v) is 2.41. The average molecular weight is 306 g/mol. The van der Waals surface area contributed by atoms with E-state index in [1.807, 2.05) is 16.8 Å². The number of aromatic carboxylic acids is 1. The van der Waals surface area contributed by atoms with Crippen molar-refractivity contribution in [2.45, 2.75) is 13.1 Å². The number of nitrogens with two attached hydrogens (primary N) is 1. The number of hydrogen-bond donors (Lipinski definition) is 2. The highest BCUT2D eigenvalue weighted by molar-refractivity contribution is 7.08. The molecule has 0 saturated carbocycles. The summed E-state index contributed by atoms with van der Waals surface area (Å²) in [4.78, 5) is 15.2. The van der Waals surface area contributed by atoms with E-state index in [4.69, 9.17) is 15.4 Å². The number of hydrogen-bond acceptors (Lipinski definition) is 8. The van der Waals surface area contributed by atoms with Gasteiger partial charge in [0.15, 0.2) is 11.5 Å². The second-order valence-corrected chi connectivity index (χ2v) is 4.86. The average Bonchev–Trinajstić information content (AvgIpc) is 3.18. The van der Waals surface area contributed by atoms with Crippen LogP contribution in [-0.2, 0) is 13.1 Å². The molecule has 3 aromatic rings. The lowest BCUT2D eigenvalue weighted by Crippen LogP contribution is -2.13. The smallest absolute Gasteiger partial charge is 0.358 e. The number of rotatable bonds is 5. The number of carboxylic acids is 1. The Morgan fingerprint density at radius 2 is 2.38 bits per heavy atom. The van der Waals surface area contributed by atoms with E-state index in [0.717, 1.165) is 5.56 Å². The first kappa shape index (κ1) is 13.4. The second kappa shape index (κ2) is 5.42. The molecule has 3 heterocycles. The third-order valence-corrected chi connectivity index (χ3v) is 3.44. The fraction of sp³-hybridized carbons (Fsp3) is 0.182. The van der Waals surface area contributed by atoms with E-state index in [2.05, 4.69) is 20.5 Å². The highest BCUT2D eigenvalue weighted by Gasteiger charge is 2.19. The van der Waals surface area contributed by atoms with Gasteiger partial charge in [0.2, 0.25) is 0 Å². The molecule has 0 radical (unpaired) electrons. The van der Waals surface area contributed by atoms with E-state index >= 15 is 0 Å². The monoisotopic (exact) mass is 306 g/mol. The molecule has 0 atom stereocenters. The standard InChI is InChI=1S/C11H10N6O3S/c12-3-7-9(11(18)19)14-16-17(7)4-8-13-10(20-15-8)6-1-2-21-5-6/h1-2,5H,3-4,12H2,(H,18,19). The van der Waals surface area contributed by atoms with Crippen molar-refractivity contribution in [2.24, 2.45) is 5.73 Å². The molecule has 9 nitrogen and oxygen atoms in total. The van der Waals surface area contributed by atoms with E-state index in [0.29, 0.717) is 17.4 Å². The van der Waals surface area contributed by atoms with Crippen LogP contribution in [-0.4, -0.2) is 36.2 Å². The third-order valence-electron chi connectivity index (χ3n) is 2.76. The van der Waals surface area contributed by atoms with Gasteiger partial charge in [-0.25, -0.2) is 9.48 Å². The summed E-state index contributed by atoms with van der Waals surface area (Å²) in [5, 5.41) is 24.0. The molecule has 21 heavy (non-hydrogen) atoms. The number of aromatic nitrogens is 5. The molecule has 0 aromatic carbocycles. The minimum Gasteiger partial charge on any atom is -0.476 e. The quantitative estimate of drug-likeness (QED) is 0.699. The molecule has 0 aliphatic rings. The lowest BCUT2D eigenvalue weighted by molar-refractivity contribution is 0.0689. The molecule has 3 N–H and O–H groups in total. The van der Waals surface area contributed by atoms with Gasteiger partial charge in [-0.1, -0.05) is 10.4 Å². The van der Waals surface area contributed by atoms with Gasteiger partial charge in [-0.05, 0) is 11.4 Å². The van der Waals surface area contributed by atoms with E-state index in [-0.39, 0.29) is 18.8 Å². The zero-order valence-corrected chi connectivity index (χ0v) is 11.4. The van der Waals surface area contributed by atoms with Crippen LogP contribution in [0.4, 0.5) is 0 Å². The summed E-state index contributed by atoms with van der Waals surface area (Å²) < 4.78 is 6.50. The van der Waals surface area contributed by atoms with Gasteiger partial charge in [0.25, 0.3) is 5.89 Å². The topological polar surface area (TPSA) is 133 Å². The lowest BCUT2D eigenvalue weighted by Gasteiger charge is -2.00. The summed E-state index contributed by atoms with van der Waals surface area (Å²) in [5.41, 5.74) is 6.52. The molecule has 0 bridgehead atoms. The molecule has 3 aromatic heterocycles. The van der Waals surface area contributed by atoms with Gasteiger partial charge in [0.05, 0.1) is 11.3 Å². The van der Waals surface area contributed by atoms with E-state index in [1.54, 1.807) is 0 Å². The van der Waals surface area contributed by atoms with Crippen LogP contribution >= 0.6 is 11.3 Å². The van der Waals surface area contributed by atoms with Gasteiger partial charge in [0.1, 0.15) is 6.54 Å². The largest absolute Gasteiger partial charge is 0.476 e. The van der Waals surface area contributed by atoms with Gasteiger partial charge in [-0.2, -0.15) is 16.3 Å². The molecule has 10 heteroatoms. The van der Waals surface area contributed by atoms with Crippen LogP contribution < -0.4 is 5.73 Å². The molecule has 0 spiro atoms. The van der Waals surface area contributed by atoms with Crippen molar-refractivity contribution in [1.82, 2.24) is 25.1 Å². The Kier molecular flexibility index (Phi) is 3.46. The Balaban J connectivity index is 1.86. The molecule has 0 unspecified atom stereocenters. The minimum atomic E-state index is -1.17. The second-order valence-electron chi connectivity index (χ2n) is 4.08. The van der Waals surface area contributed by atoms with Crippen molar-refractivity contribution in [3.63, 3.8) is 0 Å². The Hall–Kier alpha value is -2.59. The van der Waals surface area contributed by atoms with Gasteiger partial charge < -0.3 is 15.4 Å². The first-order valence-corrected chi connectivity index (χ1v) is 6.84. The Morgan fingerprint density at radius 3 is 3.05 bits per heavy atom. The summed E-state index contributed by atoms with van der Waals surface area (Å²) in [6.45, 7) is 0.143. The zero-order valence-electron chi connectivity index (χ0n) is 10.6. The summed E-state index contributed by atoms with van der Waals surface area (Å²) in [6, 6.07) is 1.87. The molecule has 0 amide bonds. The van der Waals surface area contributed by atoms with E-state index < -0.39 is 5.97 Å². The van der Waals surface area contributed by atoms with Gasteiger partial charge in [-0.3, -0.25) is 0 Å². The van der Waals surface area contributed by atoms with Crippen molar-refractivity contribution in [2.75, 3.05) is 0 Å². The van der Waals surface area contributed by atoms with Crippen LogP contribution in [0.5, 0.6) is 0 Å². The Morgan fingerprint density at radius 1 is 1.52 bits per heavy atom. The van der Waals surface area contributed by atoms with E-state index in [1.165, 1.54) is 16.0 Å². The number of thiophene rings is 1. The van der Waals surface area contributed by atoms with Crippen molar-refractivity contribution in [3.05, 3.63) is 34.0 Å². The zero-order chi connectivity index (χ0) is 14.8. The van der Waals surface area contributed by atoms with Crippen molar-refractivity contribution >= 4 is 17.3 Å². The van der Waals surface area contributed by atoms with Crippen LogP contribution in [0.1, 0.15) is 22.0 Å². The number of nitrogens with zero attached hydrogens (tertiary/aromatic N) is 5. The van der Waals surface area contributed by atoms with Crippen LogP contribution in [0.3, 0.4) is 0 Å².